The lowest BCUT2D eigenvalue weighted by Gasteiger charge is -2.10. The monoisotopic (exact) mass is 287 g/mol. The standard InChI is InChI=1S/C15H17N3OS/c1-15(5-6-15)18-13(19)12-11(16)9-7-8-3-2-4-10(8)17-14(9)20-12/h7H,2-6,16H2,1H3,(H,18,19). The van der Waals surface area contributed by atoms with Crippen LogP contribution in [0.3, 0.4) is 0 Å². The number of carbonyl (C=O) groups is 1. The van der Waals surface area contributed by atoms with Crippen molar-refractivity contribution >= 4 is 33.1 Å². The highest BCUT2D eigenvalue weighted by Gasteiger charge is 2.39. The highest BCUT2D eigenvalue weighted by Crippen LogP contribution is 2.38. The molecule has 2 heterocycles. The maximum absolute atomic E-state index is 12.3. The van der Waals surface area contributed by atoms with E-state index in [1.807, 2.05) is 0 Å². The molecule has 5 heteroatoms. The first kappa shape index (κ1) is 12.1. The third-order valence-corrected chi connectivity index (χ3v) is 5.48. The number of thiophene rings is 1. The minimum atomic E-state index is -0.0503. The van der Waals surface area contributed by atoms with Gasteiger partial charge in [-0.2, -0.15) is 0 Å². The number of nitrogens with one attached hydrogen (secondary N) is 1. The topological polar surface area (TPSA) is 68.0 Å². The fourth-order valence-corrected chi connectivity index (χ4v) is 3.80. The Morgan fingerprint density at radius 2 is 2.25 bits per heavy atom. The first-order valence-electron chi connectivity index (χ1n) is 7.09. The van der Waals surface area contributed by atoms with Gasteiger partial charge in [0.15, 0.2) is 0 Å². The Labute approximate surface area is 121 Å². The van der Waals surface area contributed by atoms with Gasteiger partial charge in [-0.05, 0) is 50.7 Å². The van der Waals surface area contributed by atoms with E-state index in [1.54, 1.807) is 0 Å². The Kier molecular flexibility index (Phi) is 2.40. The summed E-state index contributed by atoms with van der Waals surface area (Å²) in [5, 5.41) is 4.02. The molecule has 104 valence electrons. The van der Waals surface area contributed by atoms with Crippen LogP contribution in [0.1, 0.15) is 47.1 Å². The summed E-state index contributed by atoms with van der Waals surface area (Å²) in [5.41, 5.74) is 9.23. The van der Waals surface area contributed by atoms with Crippen LogP contribution in [-0.4, -0.2) is 16.4 Å². The van der Waals surface area contributed by atoms with Crippen LogP contribution in [0.25, 0.3) is 10.2 Å². The number of anilines is 1. The number of nitrogen functional groups attached to an aromatic ring is 1. The van der Waals surface area contributed by atoms with Gasteiger partial charge in [-0.15, -0.1) is 11.3 Å². The number of hydrogen-bond donors (Lipinski definition) is 2. The average Bonchev–Trinajstić information content (AvgIpc) is 2.86. The van der Waals surface area contributed by atoms with E-state index in [1.165, 1.54) is 29.0 Å². The smallest absolute Gasteiger partial charge is 0.263 e. The summed E-state index contributed by atoms with van der Waals surface area (Å²) >= 11 is 1.42. The molecular formula is C15H17N3OS. The predicted octanol–water partition coefficient (Wildman–Crippen LogP) is 2.65. The van der Waals surface area contributed by atoms with Crippen LogP contribution >= 0.6 is 11.3 Å². The van der Waals surface area contributed by atoms with Crippen LogP contribution < -0.4 is 11.1 Å². The molecule has 0 bridgehead atoms. The van der Waals surface area contributed by atoms with Crippen molar-refractivity contribution in [1.29, 1.82) is 0 Å². The third-order valence-electron chi connectivity index (χ3n) is 4.37. The average molecular weight is 287 g/mol. The molecule has 4 rings (SSSR count). The first-order valence-corrected chi connectivity index (χ1v) is 7.91. The molecule has 0 aromatic carbocycles. The summed E-state index contributed by atoms with van der Waals surface area (Å²) in [6, 6.07) is 2.13. The Balaban J connectivity index is 1.77. The van der Waals surface area contributed by atoms with Crippen molar-refractivity contribution < 1.29 is 4.79 Å². The van der Waals surface area contributed by atoms with Crippen molar-refractivity contribution in [3.63, 3.8) is 0 Å². The Hall–Kier alpha value is -1.62. The molecule has 0 unspecified atom stereocenters. The van der Waals surface area contributed by atoms with Crippen LogP contribution in [0.15, 0.2) is 6.07 Å². The SMILES string of the molecule is CC1(NC(=O)c2sc3nc4c(cc3c2N)CCC4)CC1. The number of fused-ring (bicyclic) bond motifs is 2. The zero-order valence-electron chi connectivity index (χ0n) is 11.5. The number of nitrogens with two attached hydrogens (primary N) is 1. The molecule has 0 saturated heterocycles. The lowest BCUT2D eigenvalue weighted by molar-refractivity contribution is 0.0940. The summed E-state index contributed by atoms with van der Waals surface area (Å²) in [4.78, 5) is 18.5. The van der Waals surface area contributed by atoms with Crippen molar-refractivity contribution in [2.45, 2.75) is 44.6 Å². The molecule has 1 fully saturated rings. The van der Waals surface area contributed by atoms with Gasteiger partial charge in [-0.3, -0.25) is 4.79 Å². The normalized spacial score (nSPS) is 19.1. The number of amides is 1. The number of aryl methyl sites for hydroxylation is 2. The van der Waals surface area contributed by atoms with Gasteiger partial charge >= 0.3 is 0 Å². The molecule has 3 N–H and O–H groups in total. The summed E-state index contributed by atoms with van der Waals surface area (Å²) in [6.07, 6.45) is 5.40. The summed E-state index contributed by atoms with van der Waals surface area (Å²) in [7, 11) is 0. The number of carbonyl (C=O) groups excluding carboxylic acids is 1. The van der Waals surface area contributed by atoms with E-state index in [2.05, 4.69) is 18.3 Å². The molecule has 4 nitrogen and oxygen atoms in total. The molecule has 2 aromatic heterocycles. The molecule has 2 aromatic rings. The van der Waals surface area contributed by atoms with Crippen molar-refractivity contribution in [2.24, 2.45) is 0 Å². The molecule has 2 aliphatic rings. The van der Waals surface area contributed by atoms with Gasteiger partial charge in [-0.1, -0.05) is 0 Å². The maximum atomic E-state index is 12.3. The predicted molar refractivity (Wildman–Crippen MR) is 81.2 cm³/mol. The fourth-order valence-electron chi connectivity index (χ4n) is 2.81. The van der Waals surface area contributed by atoms with E-state index in [9.17, 15) is 4.79 Å². The number of pyridine rings is 1. The van der Waals surface area contributed by atoms with E-state index in [0.29, 0.717) is 10.6 Å². The fraction of sp³-hybridized carbons (Fsp3) is 0.467. The molecular weight excluding hydrogens is 270 g/mol. The minimum Gasteiger partial charge on any atom is -0.397 e. The molecule has 20 heavy (non-hydrogen) atoms. The zero-order valence-corrected chi connectivity index (χ0v) is 12.3. The minimum absolute atomic E-state index is 0.0190. The lowest BCUT2D eigenvalue weighted by atomic mass is 10.1. The van der Waals surface area contributed by atoms with Gasteiger partial charge < -0.3 is 11.1 Å². The van der Waals surface area contributed by atoms with Gasteiger partial charge in [0.05, 0.1) is 5.69 Å². The second kappa shape index (κ2) is 3.95. The largest absolute Gasteiger partial charge is 0.397 e. The quantitative estimate of drug-likeness (QED) is 0.892. The molecule has 0 spiro atoms. The Morgan fingerprint density at radius 1 is 1.45 bits per heavy atom. The number of nitrogens with zero attached hydrogens (tertiary/aromatic N) is 1. The molecule has 0 aliphatic heterocycles. The second-order valence-corrected chi connectivity index (χ2v) is 7.16. The lowest BCUT2D eigenvalue weighted by Crippen LogP contribution is -2.34. The zero-order chi connectivity index (χ0) is 13.9. The first-order chi connectivity index (χ1) is 9.56. The second-order valence-electron chi connectivity index (χ2n) is 6.16. The van der Waals surface area contributed by atoms with Crippen molar-refractivity contribution in [2.75, 3.05) is 5.73 Å². The Morgan fingerprint density at radius 3 is 3.00 bits per heavy atom. The summed E-state index contributed by atoms with van der Waals surface area (Å²) < 4.78 is 0. The molecule has 1 saturated carbocycles. The molecule has 2 aliphatic carbocycles. The molecule has 1 amide bonds. The van der Waals surface area contributed by atoms with Crippen molar-refractivity contribution in [3.05, 3.63) is 22.2 Å². The van der Waals surface area contributed by atoms with Crippen LogP contribution in [0.4, 0.5) is 5.69 Å². The van der Waals surface area contributed by atoms with E-state index >= 15 is 0 Å². The van der Waals surface area contributed by atoms with Crippen LogP contribution in [-0.2, 0) is 12.8 Å². The highest BCUT2D eigenvalue weighted by atomic mass is 32.1. The van der Waals surface area contributed by atoms with E-state index in [4.69, 9.17) is 10.7 Å². The van der Waals surface area contributed by atoms with Gasteiger partial charge in [0.2, 0.25) is 0 Å². The number of rotatable bonds is 2. The van der Waals surface area contributed by atoms with Crippen LogP contribution in [0, 0.1) is 0 Å². The van der Waals surface area contributed by atoms with Crippen molar-refractivity contribution in [3.8, 4) is 0 Å². The van der Waals surface area contributed by atoms with Crippen LogP contribution in [0.2, 0.25) is 0 Å². The van der Waals surface area contributed by atoms with Gasteiger partial charge in [0.1, 0.15) is 9.71 Å². The van der Waals surface area contributed by atoms with E-state index in [0.717, 1.165) is 35.9 Å². The molecule has 0 atom stereocenters. The number of hydrogen-bond acceptors (Lipinski definition) is 4. The van der Waals surface area contributed by atoms with Crippen molar-refractivity contribution in [1.82, 2.24) is 10.3 Å². The van der Waals surface area contributed by atoms with Gasteiger partial charge in [0, 0.05) is 16.6 Å². The van der Waals surface area contributed by atoms with Gasteiger partial charge in [0.25, 0.3) is 5.91 Å². The van der Waals surface area contributed by atoms with E-state index < -0.39 is 0 Å². The number of aromatic nitrogens is 1. The summed E-state index contributed by atoms with van der Waals surface area (Å²) in [6.45, 7) is 2.07. The molecule has 0 radical (unpaired) electrons. The maximum Gasteiger partial charge on any atom is 0.263 e. The highest BCUT2D eigenvalue weighted by molar-refractivity contribution is 7.21. The Bertz CT molecular complexity index is 730. The van der Waals surface area contributed by atoms with E-state index in [-0.39, 0.29) is 11.4 Å². The summed E-state index contributed by atoms with van der Waals surface area (Å²) in [5.74, 6) is -0.0503. The van der Waals surface area contributed by atoms with Crippen LogP contribution in [0.5, 0.6) is 0 Å². The third kappa shape index (κ3) is 1.80. The van der Waals surface area contributed by atoms with Gasteiger partial charge in [-0.25, -0.2) is 4.98 Å².